The van der Waals surface area contributed by atoms with Gasteiger partial charge in [-0.05, 0) is 26.7 Å². The van der Waals surface area contributed by atoms with Crippen molar-refractivity contribution in [2.45, 2.75) is 44.9 Å². The summed E-state index contributed by atoms with van der Waals surface area (Å²) in [5, 5.41) is 17.5. The van der Waals surface area contributed by atoms with Crippen LogP contribution in [0.15, 0.2) is 12.4 Å². The van der Waals surface area contributed by atoms with Gasteiger partial charge in [0.1, 0.15) is 0 Å². The Morgan fingerprint density at radius 3 is 2.84 bits per heavy atom. The van der Waals surface area contributed by atoms with Gasteiger partial charge in [0.15, 0.2) is 0 Å². The SMILES string of the molecule is CC(C)(O)C1CCCN1C(=O)Nc1cnn(CCN2CCOCC2)c1. The van der Waals surface area contributed by atoms with Crippen molar-refractivity contribution in [1.29, 1.82) is 0 Å². The fourth-order valence-corrected chi connectivity index (χ4v) is 3.56. The molecule has 0 radical (unpaired) electrons. The Bertz CT molecular complexity index is 577. The van der Waals surface area contributed by atoms with Gasteiger partial charge in [0.2, 0.25) is 0 Å². The Morgan fingerprint density at radius 1 is 1.36 bits per heavy atom. The van der Waals surface area contributed by atoms with Crippen LogP contribution in [-0.4, -0.2) is 81.8 Å². The summed E-state index contributed by atoms with van der Waals surface area (Å²) in [4.78, 5) is 16.6. The fourth-order valence-electron chi connectivity index (χ4n) is 3.56. The Labute approximate surface area is 148 Å². The number of hydrogen-bond acceptors (Lipinski definition) is 5. The average Bonchev–Trinajstić information content (AvgIpc) is 3.23. The molecule has 3 heterocycles. The molecular weight excluding hydrogens is 322 g/mol. The van der Waals surface area contributed by atoms with Gasteiger partial charge in [-0.1, -0.05) is 0 Å². The number of morpholine rings is 1. The van der Waals surface area contributed by atoms with E-state index in [0.717, 1.165) is 52.2 Å². The highest BCUT2D eigenvalue weighted by molar-refractivity contribution is 5.89. The van der Waals surface area contributed by atoms with E-state index in [9.17, 15) is 9.90 Å². The van der Waals surface area contributed by atoms with Crippen LogP contribution in [0.1, 0.15) is 26.7 Å². The van der Waals surface area contributed by atoms with Gasteiger partial charge < -0.3 is 20.1 Å². The van der Waals surface area contributed by atoms with Crippen molar-refractivity contribution in [2.75, 3.05) is 44.7 Å². The number of aromatic nitrogens is 2. The first-order valence-corrected chi connectivity index (χ1v) is 9.06. The third kappa shape index (κ3) is 4.71. The standard InChI is InChI=1S/C17H29N5O3/c1-17(2,24)15-4-3-5-22(15)16(23)19-14-12-18-21(13-14)7-6-20-8-10-25-11-9-20/h12-13,15,24H,3-11H2,1-2H3,(H,19,23). The zero-order chi connectivity index (χ0) is 17.9. The summed E-state index contributed by atoms with van der Waals surface area (Å²) in [6.07, 6.45) is 5.27. The molecule has 8 heteroatoms. The largest absolute Gasteiger partial charge is 0.388 e. The Balaban J connectivity index is 1.51. The van der Waals surface area contributed by atoms with Gasteiger partial charge >= 0.3 is 6.03 Å². The molecule has 2 N–H and O–H groups in total. The molecule has 8 nitrogen and oxygen atoms in total. The van der Waals surface area contributed by atoms with Crippen LogP contribution in [0.3, 0.4) is 0 Å². The molecule has 1 unspecified atom stereocenters. The predicted molar refractivity (Wildman–Crippen MR) is 94.5 cm³/mol. The first kappa shape index (κ1) is 18.2. The quantitative estimate of drug-likeness (QED) is 0.826. The molecule has 2 saturated heterocycles. The van der Waals surface area contributed by atoms with E-state index in [1.54, 1.807) is 24.9 Å². The number of nitrogens with one attached hydrogen (secondary N) is 1. The molecule has 0 aromatic carbocycles. The first-order chi connectivity index (χ1) is 11.9. The number of ether oxygens (including phenoxy) is 1. The third-order valence-electron chi connectivity index (χ3n) is 4.96. The van der Waals surface area contributed by atoms with Gasteiger partial charge in [0, 0.05) is 32.4 Å². The van der Waals surface area contributed by atoms with Gasteiger partial charge in [-0.2, -0.15) is 5.10 Å². The van der Waals surface area contributed by atoms with Gasteiger partial charge in [0.25, 0.3) is 0 Å². The number of aliphatic hydroxyl groups is 1. The number of rotatable bonds is 5. The highest BCUT2D eigenvalue weighted by atomic mass is 16.5. The van der Waals surface area contributed by atoms with Crippen molar-refractivity contribution in [3.05, 3.63) is 12.4 Å². The molecule has 1 atom stereocenters. The maximum absolute atomic E-state index is 12.5. The summed E-state index contributed by atoms with van der Waals surface area (Å²) < 4.78 is 7.20. The zero-order valence-electron chi connectivity index (χ0n) is 15.1. The Hall–Kier alpha value is -1.64. The number of anilines is 1. The lowest BCUT2D eigenvalue weighted by Gasteiger charge is -2.33. The van der Waals surface area contributed by atoms with Crippen molar-refractivity contribution in [1.82, 2.24) is 19.6 Å². The summed E-state index contributed by atoms with van der Waals surface area (Å²) in [5.74, 6) is 0. The van der Waals surface area contributed by atoms with E-state index in [1.807, 2.05) is 10.9 Å². The van der Waals surface area contributed by atoms with Gasteiger partial charge in [-0.25, -0.2) is 4.79 Å². The number of carbonyl (C=O) groups excluding carboxylic acids is 1. The second kappa shape index (κ2) is 7.72. The van der Waals surface area contributed by atoms with E-state index < -0.39 is 5.60 Å². The number of carbonyl (C=O) groups is 1. The van der Waals surface area contributed by atoms with Crippen molar-refractivity contribution >= 4 is 11.7 Å². The zero-order valence-corrected chi connectivity index (χ0v) is 15.1. The second-order valence-corrected chi connectivity index (χ2v) is 7.38. The number of likely N-dealkylation sites (tertiary alicyclic amines) is 1. The normalized spacial score (nSPS) is 22.4. The topological polar surface area (TPSA) is 82.9 Å². The summed E-state index contributed by atoms with van der Waals surface area (Å²) in [5.41, 5.74) is -0.204. The Morgan fingerprint density at radius 2 is 2.12 bits per heavy atom. The monoisotopic (exact) mass is 351 g/mol. The highest BCUT2D eigenvalue weighted by Crippen LogP contribution is 2.27. The van der Waals surface area contributed by atoms with Gasteiger partial charge in [-0.3, -0.25) is 9.58 Å². The van der Waals surface area contributed by atoms with Crippen LogP contribution >= 0.6 is 0 Å². The van der Waals surface area contributed by atoms with E-state index in [2.05, 4.69) is 15.3 Å². The minimum Gasteiger partial charge on any atom is -0.388 e. The van der Waals surface area contributed by atoms with Crippen molar-refractivity contribution in [3.8, 4) is 0 Å². The van der Waals surface area contributed by atoms with Crippen LogP contribution in [0.4, 0.5) is 10.5 Å². The average molecular weight is 351 g/mol. The molecule has 0 spiro atoms. The predicted octanol–water partition coefficient (Wildman–Crippen LogP) is 0.983. The molecule has 2 amide bonds. The van der Waals surface area contributed by atoms with Crippen LogP contribution in [0.5, 0.6) is 0 Å². The lowest BCUT2D eigenvalue weighted by molar-refractivity contribution is 0.0117. The van der Waals surface area contributed by atoms with E-state index in [4.69, 9.17) is 4.74 Å². The van der Waals surface area contributed by atoms with E-state index in [0.29, 0.717) is 12.2 Å². The van der Waals surface area contributed by atoms with Crippen molar-refractivity contribution in [3.63, 3.8) is 0 Å². The van der Waals surface area contributed by atoms with Gasteiger partial charge in [-0.15, -0.1) is 0 Å². The maximum Gasteiger partial charge on any atom is 0.322 e. The third-order valence-corrected chi connectivity index (χ3v) is 4.96. The van der Waals surface area contributed by atoms with Crippen LogP contribution in [-0.2, 0) is 11.3 Å². The highest BCUT2D eigenvalue weighted by Gasteiger charge is 2.38. The molecular formula is C17H29N5O3. The van der Waals surface area contributed by atoms with Crippen LogP contribution in [0.25, 0.3) is 0 Å². The van der Waals surface area contributed by atoms with Crippen LogP contribution < -0.4 is 5.32 Å². The molecule has 2 aliphatic rings. The van der Waals surface area contributed by atoms with Crippen LogP contribution in [0.2, 0.25) is 0 Å². The van der Waals surface area contributed by atoms with Gasteiger partial charge in [0.05, 0.1) is 43.3 Å². The number of nitrogens with zero attached hydrogens (tertiary/aromatic N) is 4. The molecule has 1 aromatic rings. The lowest BCUT2D eigenvalue weighted by Crippen LogP contribution is -2.49. The molecule has 1 aromatic heterocycles. The molecule has 140 valence electrons. The van der Waals surface area contributed by atoms with Crippen molar-refractivity contribution < 1.29 is 14.6 Å². The summed E-state index contributed by atoms with van der Waals surface area (Å²) in [6, 6.07) is -0.318. The molecule has 0 aliphatic carbocycles. The van der Waals surface area contributed by atoms with E-state index in [1.165, 1.54) is 0 Å². The summed E-state index contributed by atoms with van der Waals surface area (Å²) >= 11 is 0. The minimum atomic E-state index is -0.893. The first-order valence-electron chi connectivity index (χ1n) is 9.06. The van der Waals surface area contributed by atoms with Crippen LogP contribution in [0, 0.1) is 0 Å². The molecule has 0 bridgehead atoms. The second-order valence-electron chi connectivity index (χ2n) is 7.38. The maximum atomic E-state index is 12.5. The van der Waals surface area contributed by atoms with E-state index >= 15 is 0 Å². The number of hydrogen-bond donors (Lipinski definition) is 2. The molecule has 2 aliphatic heterocycles. The Kier molecular flexibility index (Phi) is 5.61. The summed E-state index contributed by atoms with van der Waals surface area (Å²) in [7, 11) is 0. The summed E-state index contributed by atoms with van der Waals surface area (Å²) in [6.45, 7) is 9.39. The minimum absolute atomic E-state index is 0.149. The molecule has 0 saturated carbocycles. The molecule has 25 heavy (non-hydrogen) atoms. The fraction of sp³-hybridized carbons (Fsp3) is 0.765. The number of urea groups is 1. The van der Waals surface area contributed by atoms with Crippen molar-refractivity contribution in [2.24, 2.45) is 0 Å². The van der Waals surface area contributed by atoms with E-state index in [-0.39, 0.29) is 12.1 Å². The molecule has 3 rings (SSSR count). The molecule has 2 fully saturated rings. The lowest BCUT2D eigenvalue weighted by atomic mass is 9.97. The smallest absolute Gasteiger partial charge is 0.322 e. The number of amides is 2.